The maximum atomic E-state index is 14.8. The summed E-state index contributed by atoms with van der Waals surface area (Å²) >= 11 is 0. The van der Waals surface area contributed by atoms with E-state index in [9.17, 15) is 18.8 Å². The van der Waals surface area contributed by atoms with E-state index in [1.807, 2.05) is 0 Å². The molecule has 3 amide bonds. The van der Waals surface area contributed by atoms with Gasteiger partial charge in [0.05, 0.1) is 12.2 Å². The van der Waals surface area contributed by atoms with Crippen LogP contribution in [0.2, 0.25) is 0 Å². The van der Waals surface area contributed by atoms with Gasteiger partial charge < -0.3 is 14.5 Å². The first-order valence-electron chi connectivity index (χ1n) is 8.88. The van der Waals surface area contributed by atoms with Gasteiger partial charge in [0.25, 0.3) is 5.91 Å². The second-order valence-corrected chi connectivity index (χ2v) is 6.87. The van der Waals surface area contributed by atoms with Gasteiger partial charge in [0.1, 0.15) is 11.5 Å². The quantitative estimate of drug-likeness (QED) is 0.787. The van der Waals surface area contributed by atoms with Crippen molar-refractivity contribution in [2.45, 2.75) is 13.2 Å². The van der Waals surface area contributed by atoms with Crippen molar-refractivity contribution in [2.75, 3.05) is 32.6 Å². The fourth-order valence-electron chi connectivity index (χ4n) is 2.91. The SMILES string of the molecule is CC(=O)N(C)[C@@H]1CN(c2ccc(-c3ccnc(C(=O)N(C)C)c3)c(F)c2)C(=O)O1. The van der Waals surface area contributed by atoms with Crippen molar-refractivity contribution in [3.63, 3.8) is 0 Å². The van der Waals surface area contributed by atoms with Gasteiger partial charge in [-0.25, -0.2) is 9.18 Å². The molecule has 0 radical (unpaired) electrons. The lowest BCUT2D eigenvalue weighted by Crippen LogP contribution is -2.38. The molecule has 0 N–H and O–H groups in total. The molecular weight excluding hydrogens is 379 g/mol. The molecule has 29 heavy (non-hydrogen) atoms. The number of hydrogen-bond acceptors (Lipinski definition) is 5. The summed E-state index contributed by atoms with van der Waals surface area (Å²) in [6, 6.07) is 7.46. The van der Waals surface area contributed by atoms with E-state index in [1.165, 1.54) is 53.1 Å². The number of likely N-dealkylation sites (N-methyl/N-ethyl adjacent to an activating group) is 1. The molecular formula is C20H21FN4O4. The Kier molecular flexibility index (Phi) is 5.49. The Balaban J connectivity index is 1.86. The van der Waals surface area contributed by atoms with E-state index in [0.29, 0.717) is 11.3 Å². The van der Waals surface area contributed by atoms with Crippen LogP contribution in [0.3, 0.4) is 0 Å². The van der Waals surface area contributed by atoms with Crippen molar-refractivity contribution >= 4 is 23.6 Å². The van der Waals surface area contributed by atoms with Crippen LogP contribution < -0.4 is 4.90 Å². The lowest BCUT2D eigenvalue weighted by Gasteiger charge is -2.20. The van der Waals surface area contributed by atoms with Crippen LogP contribution in [0.1, 0.15) is 17.4 Å². The smallest absolute Gasteiger partial charge is 0.416 e. The molecule has 0 unspecified atom stereocenters. The molecule has 0 saturated carbocycles. The molecule has 1 aliphatic heterocycles. The van der Waals surface area contributed by atoms with E-state index in [0.717, 1.165) is 0 Å². The molecule has 1 aromatic heterocycles. The molecule has 2 aromatic rings. The standard InChI is InChI=1S/C20H21FN4O4/c1-12(26)24(4)18-11-25(20(28)29-18)14-5-6-15(16(21)10-14)13-7-8-22-17(9-13)19(27)23(2)3/h5-10,18H,11H2,1-4H3/t18-/m0/s1. The topological polar surface area (TPSA) is 83.1 Å². The summed E-state index contributed by atoms with van der Waals surface area (Å²) in [6.45, 7) is 1.47. The third-order valence-corrected chi connectivity index (χ3v) is 4.69. The minimum atomic E-state index is -0.734. The van der Waals surface area contributed by atoms with E-state index >= 15 is 0 Å². The first-order valence-corrected chi connectivity index (χ1v) is 8.88. The third-order valence-electron chi connectivity index (χ3n) is 4.69. The van der Waals surface area contributed by atoms with Gasteiger partial charge in [-0.2, -0.15) is 0 Å². The zero-order valence-corrected chi connectivity index (χ0v) is 16.5. The number of ether oxygens (including phenoxy) is 1. The summed E-state index contributed by atoms with van der Waals surface area (Å²) in [5.41, 5.74) is 1.28. The van der Waals surface area contributed by atoms with Crippen molar-refractivity contribution in [1.29, 1.82) is 0 Å². The predicted molar refractivity (Wildman–Crippen MR) is 104 cm³/mol. The van der Waals surface area contributed by atoms with E-state index < -0.39 is 18.1 Å². The van der Waals surface area contributed by atoms with Gasteiger partial charge in [-0.1, -0.05) is 0 Å². The molecule has 0 aliphatic carbocycles. The highest BCUT2D eigenvalue weighted by molar-refractivity contribution is 5.93. The summed E-state index contributed by atoms with van der Waals surface area (Å²) in [4.78, 5) is 43.7. The number of anilines is 1. The minimum absolute atomic E-state index is 0.102. The first-order chi connectivity index (χ1) is 13.7. The number of rotatable bonds is 4. The van der Waals surface area contributed by atoms with E-state index in [1.54, 1.807) is 26.2 Å². The highest BCUT2D eigenvalue weighted by Gasteiger charge is 2.36. The third kappa shape index (κ3) is 4.03. The molecule has 152 valence electrons. The van der Waals surface area contributed by atoms with Gasteiger partial charge in [0, 0.05) is 39.8 Å². The highest BCUT2D eigenvalue weighted by atomic mass is 19.1. The van der Waals surface area contributed by atoms with E-state index in [4.69, 9.17) is 4.74 Å². The first kappa shape index (κ1) is 20.2. The Hall–Kier alpha value is -3.49. The van der Waals surface area contributed by atoms with Crippen molar-refractivity contribution < 1.29 is 23.5 Å². The summed E-state index contributed by atoms with van der Waals surface area (Å²) in [6.07, 6.45) is 0.0555. The summed E-state index contributed by atoms with van der Waals surface area (Å²) < 4.78 is 20.0. The van der Waals surface area contributed by atoms with Gasteiger partial charge in [-0.05, 0) is 35.9 Å². The Morgan fingerprint density at radius 1 is 1.21 bits per heavy atom. The number of hydrogen-bond donors (Lipinski definition) is 0. The van der Waals surface area contributed by atoms with Gasteiger partial charge in [0.15, 0.2) is 6.23 Å². The molecule has 1 atom stereocenters. The molecule has 1 aliphatic rings. The Morgan fingerprint density at radius 3 is 2.55 bits per heavy atom. The molecule has 2 heterocycles. The molecule has 3 rings (SSSR count). The Bertz CT molecular complexity index is 979. The average molecular weight is 400 g/mol. The number of carbonyl (C=O) groups excluding carboxylic acids is 3. The molecule has 1 fully saturated rings. The van der Waals surface area contributed by atoms with Crippen LogP contribution in [0.25, 0.3) is 11.1 Å². The van der Waals surface area contributed by atoms with Crippen LogP contribution in [0.4, 0.5) is 14.9 Å². The van der Waals surface area contributed by atoms with E-state index in [-0.39, 0.29) is 29.6 Å². The molecule has 0 bridgehead atoms. The second-order valence-electron chi connectivity index (χ2n) is 6.87. The molecule has 1 saturated heterocycles. The number of carbonyl (C=O) groups is 3. The van der Waals surface area contributed by atoms with Gasteiger partial charge in [0.2, 0.25) is 5.91 Å². The van der Waals surface area contributed by atoms with Gasteiger partial charge >= 0.3 is 6.09 Å². The maximum Gasteiger partial charge on any atom is 0.416 e. The van der Waals surface area contributed by atoms with Gasteiger partial charge in [-0.3, -0.25) is 19.5 Å². The van der Waals surface area contributed by atoms with E-state index in [2.05, 4.69) is 4.98 Å². The van der Waals surface area contributed by atoms with Crippen molar-refractivity contribution in [2.24, 2.45) is 0 Å². The van der Waals surface area contributed by atoms with Crippen LogP contribution in [-0.4, -0.2) is 66.6 Å². The lowest BCUT2D eigenvalue weighted by molar-refractivity contribution is -0.134. The van der Waals surface area contributed by atoms with Crippen LogP contribution in [0, 0.1) is 5.82 Å². The molecule has 9 heteroatoms. The monoisotopic (exact) mass is 400 g/mol. The maximum absolute atomic E-state index is 14.8. The van der Waals surface area contributed by atoms with Crippen molar-refractivity contribution in [3.05, 3.63) is 48.0 Å². The molecule has 1 aromatic carbocycles. The fraction of sp³-hybridized carbons (Fsp3) is 0.300. The Morgan fingerprint density at radius 2 is 1.93 bits per heavy atom. The lowest BCUT2D eigenvalue weighted by atomic mass is 10.0. The number of benzene rings is 1. The number of cyclic esters (lactones) is 1. The fourth-order valence-corrected chi connectivity index (χ4v) is 2.91. The van der Waals surface area contributed by atoms with Gasteiger partial charge in [-0.15, -0.1) is 0 Å². The zero-order chi connectivity index (χ0) is 21.3. The number of pyridine rings is 1. The number of aromatic nitrogens is 1. The minimum Gasteiger partial charge on any atom is -0.423 e. The summed E-state index contributed by atoms with van der Waals surface area (Å²) in [7, 11) is 4.75. The summed E-state index contributed by atoms with van der Waals surface area (Å²) in [5, 5.41) is 0. The molecule has 8 nitrogen and oxygen atoms in total. The molecule has 0 spiro atoms. The van der Waals surface area contributed by atoms with Crippen molar-refractivity contribution in [3.8, 4) is 11.1 Å². The number of amides is 3. The van der Waals surface area contributed by atoms with Crippen molar-refractivity contribution in [1.82, 2.24) is 14.8 Å². The largest absolute Gasteiger partial charge is 0.423 e. The highest BCUT2D eigenvalue weighted by Crippen LogP contribution is 2.29. The summed E-state index contributed by atoms with van der Waals surface area (Å²) in [5.74, 6) is -1.09. The number of halogens is 1. The number of nitrogens with zero attached hydrogens (tertiary/aromatic N) is 4. The second kappa shape index (κ2) is 7.86. The average Bonchev–Trinajstić information content (AvgIpc) is 3.08. The zero-order valence-electron chi connectivity index (χ0n) is 16.5. The van der Waals surface area contributed by atoms with Crippen LogP contribution in [0.5, 0.6) is 0 Å². The van der Waals surface area contributed by atoms with Crippen LogP contribution in [-0.2, 0) is 9.53 Å². The van der Waals surface area contributed by atoms with Crippen LogP contribution in [0.15, 0.2) is 36.5 Å². The Labute approximate surface area is 167 Å². The van der Waals surface area contributed by atoms with Crippen LogP contribution >= 0.6 is 0 Å². The predicted octanol–water partition coefficient (Wildman–Crippen LogP) is 2.35. The normalized spacial score (nSPS) is 15.8.